The number of unbranched alkanes of at least 4 members (excludes halogenated alkanes) is 3. The third-order valence-electron chi connectivity index (χ3n) is 2.57. The molecule has 0 aromatic heterocycles. The van der Waals surface area contributed by atoms with E-state index in [-0.39, 0.29) is 5.92 Å². The van der Waals surface area contributed by atoms with Gasteiger partial charge >= 0.3 is 0 Å². The molecule has 0 spiro atoms. The second-order valence-electron chi connectivity index (χ2n) is 4.23. The lowest BCUT2D eigenvalue weighted by molar-refractivity contribution is 0.559. The largest absolute Gasteiger partial charge is 0.229 e. The van der Waals surface area contributed by atoms with Crippen molar-refractivity contribution in [2.24, 2.45) is 5.92 Å². The average molecular weight is 255 g/mol. The van der Waals surface area contributed by atoms with Crippen LogP contribution in [-0.2, 0) is 9.84 Å². The van der Waals surface area contributed by atoms with E-state index in [9.17, 15) is 8.42 Å². The summed E-state index contributed by atoms with van der Waals surface area (Å²) in [6.45, 7) is 4.02. The van der Waals surface area contributed by atoms with Crippen LogP contribution in [0.25, 0.3) is 0 Å². The molecule has 0 amide bonds. The van der Waals surface area contributed by atoms with Gasteiger partial charge in [0.15, 0.2) is 9.84 Å². The van der Waals surface area contributed by atoms with Crippen molar-refractivity contribution in [3.63, 3.8) is 0 Å². The third kappa shape index (κ3) is 9.19. The lowest BCUT2D eigenvalue weighted by Crippen LogP contribution is -2.16. The molecule has 0 aromatic rings. The average Bonchev–Trinajstić information content (AvgIpc) is 2.16. The highest BCUT2D eigenvalue weighted by atomic mass is 35.5. The van der Waals surface area contributed by atoms with E-state index in [1.165, 1.54) is 0 Å². The van der Waals surface area contributed by atoms with Crippen molar-refractivity contribution in [3.8, 4) is 0 Å². The fourth-order valence-corrected chi connectivity index (χ4v) is 3.51. The Bertz CT molecular complexity index is 237. The van der Waals surface area contributed by atoms with Crippen molar-refractivity contribution >= 4 is 21.4 Å². The van der Waals surface area contributed by atoms with Gasteiger partial charge in [-0.3, -0.25) is 0 Å². The van der Waals surface area contributed by atoms with Crippen LogP contribution in [0.4, 0.5) is 0 Å². The molecule has 4 heteroatoms. The molecule has 0 saturated carbocycles. The molecule has 0 radical (unpaired) electrons. The fraction of sp³-hybridized carbons (Fsp3) is 1.00. The van der Waals surface area contributed by atoms with Crippen LogP contribution in [0.15, 0.2) is 0 Å². The van der Waals surface area contributed by atoms with Gasteiger partial charge in [0.2, 0.25) is 0 Å². The van der Waals surface area contributed by atoms with Crippen LogP contribution in [0.1, 0.15) is 46.0 Å². The van der Waals surface area contributed by atoms with Crippen LogP contribution < -0.4 is 0 Å². The minimum atomic E-state index is -2.81. The molecule has 0 fully saturated rings. The van der Waals surface area contributed by atoms with Gasteiger partial charge in [-0.15, -0.1) is 11.6 Å². The molecule has 1 atom stereocenters. The normalized spacial score (nSPS) is 14.1. The number of rotatable bonds is 9. The van der Waals surface area contributed by atoms with Gasteiger partial charge in [-0.05, 0) is 18.8 Å². The van der Waals surface area contributed by atoms with Gasteiger partial charge in [0, 0.05) is 5.88 Å². The van der Waals surface area contributed by atoms with E-state index in [0.717, 1.165) is 32.1 Å². The van der Waals surface area contributed by atoms with Gasteiger partial charge < -0.3 is 0 Å². The Morgan fingerprint density at radius 1 is 1.13 bits per heavy atom. The highest BCUT2D eigenvalue weighted by Gasteiger charge is 2.13. The number of alkyl halides is 1. The summed E-state index contributed by atoms with van der Waals surface area (Å²) in [5, 5.41) is 0. The number of halogens is 1. The quantitative estimate of drug-likeness (QED) is 0.468. The van der Waals surface area contributed by atoms with E-state index in [0.29, 0.717) is 17.4 Å². The second-order valence-corrected chi connectivity index (χ2v) is 6.84. The predicted octanol–water partition coefficient (Wildman–Crippen LogP) is 3.25. The summed E-state index contributed by atoms with van der Waals surface area (Å²) in [6, 6.07) is 0. The Balaban J connectivity index is 3.65. The first-order valence-electron chi connectivity index (χ1n) is 5.78. The zero-order valence-corrected chi connectivity index (χ0v) is 11.4. The Labute approximate surface area is 99.3 Å². The predicted molar refractivity (Wildman–Crippen MR) is 67.3 cm³/mol. The van der Waals surface area contributed by atoms with Crippen molar-refractivity contribution < 1.29 is 8.42 Å². The molecule has 0 aliphatic rings. The summed E-state index contributed by atoms with van der Waals surface area (Å²) in [4.78, 5) is 0. The van der Waals surface area contributed by atoms with Crippen molar-refractivity contribution in [2.75, 3.05) is 17.4 Å². The van der Waals surface area contributed by atoms with Gasteiger partial charge in [0.05, 0.1) is 11.5 Å². The molecule has 0 aliphatic heterocycles. The Hall–Kier alpha value is 0.240. The molecule has 0 saturated heterocycles. The second kappa shape index (κ2) is 8.40. The zero-order chi connectivity index (χ0) is 11.7. The third-order valence-corrected chi connectivity index (χ3v) is 4.83. The highest BCUT2D eigenvalue weighted by molar-refractivity contribution is 7.91. The molecule has 15 heavy (non-hydrogen) atoms. The molecular weight excluding hydrogens is 232 g/mol. The first-order valence-corrected chi connectivity index (χ1v) is 8.13. The van der Waals surface area contributed by atoms with Crippen molar-refractivity contribution in [3.05, 3.63) is 0 Å². The number of hydrogen-bond donors (Lipinski definition) is 0. The summed E-state index contributed by atoms with van der Waals surface area (Å²) in [5.41, 5.74) is 0. The highest BCUT2D eigenvalue weighted by Crippen LogP contribution is 2.09. The summed E-state index contributed by atoms with van der Waals surface area (Å²) in [7, 11) is -2.81. The molecule has 1 unspecified atom stereocenters. The van der Waals surface area contributed by atoms with Gasteiger partial charge in [-0.1, -0.05) is 33.1 Å². The number of hydrogen-bond acceptors (Lipinski definition) is 2. The summed E-state index contributed by atoms with van der Waals surface area (Å²) in [6.07, 6.45) is 4.74. The Kier molecular flexibility index (Phi) is 8.53. The van der Waals surface area contributed by atoms with Crippen LogP contribution in [0.2, 0.25) is 0 Å². The van der Waals surface area contributed by atoms with E-state index in [4.69, 9.17) is 11.6 Å². The summed E-state index contributed by atoms with van der Waals surface area (Å²) < 4.78 is 23.2. The van der Waals surface area contributed by atoms with Crippen LogP contribution in [-0.4, -0.2) is 25.8 Å². The van der Waals surface area contributed by atoms with Crippen molar-refractivity contribution in [1.82, 2.24) is 0 Å². The SMILES string of the molecule is CCC(C)CS(=O)(=O)CCCCCCCl. The zero-order valence-electron chi connectivity index (χ0n) is 9.84. The van der Waals surface area contributed by atoms with Crippen LogP contribution in [0.5, 0.6) is 0 Å². The molecule has 0 rings (SSSR count). The molecule has 0 aromatic carbocycles. The first kappa shape index (κ1) is 15.2. The molecule has 0 bridgehead atoms. The van der Waals surface area contributed by atoms with E-state index in [1.54, 1.807) is 0 Å². The van der Waals surface area contributed by atoms with Crippen LogP contribution in [0, 0.1) is 5.92 Å². The molecule has 92 valence electrons. The number of sulfone groups is 1. The van der Waals surface area contributed by atoms with Crippen LogP contribution >= 0.6 is 11.6 Å². The monoisotopic (exact) mass is 254 g/mol. The maximum absolute atomic E-state index is 11.6. The molecule has 0 heterocycles. The lowest BCUT2D eigenvalue weighted by atomic mass is 10.2. The molecule has 2 nitrogen and oxygen atoms in total. The smallest absolute Gasteiger partial charge is 0.150 e. The van der Waals surface area contributed by atoms with Crippen molar-refractivity contribution in [1.29, 1.82) is 0 Å². The molecule has 0 N–H and O–H groups in total. The van der Waals surface area contributed by atoms with Crippen molar-refractivity contribution in [2.45, 2.75) is 46.0 Å². The fourth-order valence-electron chi connectivity index (χ4n) is 1.40. The lowest BCUT2D eigenvalue weighted by Gasteiger charge is -2.09. The standard InChI is InChI=1S/C11H23ClO2S/c1-3-11(2)10-15(13,14)9-7-5-4-6-8-12/h11H,3-10H2,1-2H3. The topological polar surface area (TPSA) is 34.1 Å². The van der Waals surface area contributed by atoms with E-state index >= 15 is 0 Å². The van der Waals surface area contributed by atoms with Gasteiger partial charge in [-0.25, -0.2) is 8.42 Å². The Morgan fingerprint density at radius 3 is 2.27 bits per heavy atom. The minimum absolute atomic E-state index is 0.290. The molecule has 0 aliphatic carbocycles. The molecular formula is C11H23ClO2S. The van der Waals surface area contributed by atoms with Gasteiger partial charge in [-0.2, -0.15) is 0 Å². The van der Waals surface area contributed by atoms with E-state index in [2.05, 4.69) is 0 Å². The first-order chi connectivity index (χ1) is 7.02. The van der Waals surface area contributed by atoms with Gasteiger partial charge in [0.1, 0.15) is 0 Å². The Morgan fingerprint density at radius 2 is 1.73 bits per heavy atom. The maximum Gasteiger partial charge on any atom is 0.150 e. The van der Waals surface area contributed by atoms with E-state index < -0.39 is 9.84 Å². The van der Waals surface area contributed by atoms with Crippen LogP contribution in [0.3, 0.4) is 0 Å². The summed E-state index contributed by atoms with van der Waals surface area (Å²) >= 11 is 5.54. The van der Waals surface area contributed by atoms with E-state index in [1.807, 2.05) is 13.8 Å². The summed E-state index contributed by atoms with van der Waals surface area (Å²) in [5.74, 6) is 1.66. The van der Waals surface area contributed by atoms with Gasteiger partial charge in [0.25, 0.3) is 0 Å². The maximum atomic E-state index is 11.6. The minimum Gasteiger partial charge on any atom is -0.229 e.